The van der Waals surface area contributed by atoms with E-state index in [9.17, 15) is 18.0 Å². The fraction of sp³-hybridized carbons (Fsp3) is 0.0667. The van der Waals surface area contributed by atoms with E-state index in [1.165, 1.54) is 30.3 Å². The Hall–Kier alpha value is -2.05. The molecular weight excluding hydrogens is 352 g/mol. The average Bonchev–Trinajstić information content (AvgIpc) is 2.46. The van der Waals surface area contributed by atoms with Gasteiger partial charge in [0.15, 0.2) is 0 Å². The van der Waals surface area contributed by atoms with Crippen LogP contribution in [0.3, 0.4) is 0 Å². The van der Waals surface area contributed by atoms with Gasteiger partial charge in [-0.1, -0.05) is 35.3 Å². The quantitative estimate of drug-likeness (QED) is 0.621. The summed E-state index contributed by atoms with van der Waals surface area (Å²) in [6, 6.07) is 8.85. The molecule has 0 spiro atoms. The van der Waals surface area contributed by atoms with Crippen molar-refractivity contribution in [2.75, 3.05) is 0 Å². The van der Waals surface area contributed by atoms with E-state index in [1.807, 2.05) is 0 Å². The molecule has 0 heterocycles. The Labute approximate surface area is 139 Å². The van der Waals surface area contributed by atoms with Gasteiger partial charge < -0.3 is 0 Å². The fourth-order valence-electron chi connectivity index (χ4n) is 1.69. The van der Waals surface area contributed by atoms with E-state index < -0.39 is 17.6 Å². The molecule has 0 saturated carbocycles. The predicted octanol–water partition coefficient (Wildman–Crippen LogP) is 4.78. The minimum atomic E-state index is -4.44. The van der Waals surface area contributed by atoms with Gasteiger partial charge in [-0.15, -0.1) is 0 Å². The van der Waals surface area contributed by atoms with Crippen LogP contribution in [-0.4, -0.2) is 12.1 Å². The lowest BCUT2D eigenvalue weighted by Gasteiger charge is -2.06. The second-order valence-electron chi connectivity index (χ2n) is 4.45. The van der Waals surface area contributed by atoms with Crippen molar-refractivity contribution in [3.8, 4) is 0 Å². The topological polar surface area (TPSA) is 41.5 Å². The Bertz CT molecular complexity index is 761. The van der Waals surface area contributed by atoms with E-state index in [-0.39, 0.29) is 16.1 Å². The highest BCUT2D eigenvalue weighted by Crippen LogP contribution is 2.29. The van der Waals surface area contributed by atoms with E-state index in [4.69, 9.17) is 23.2 Å². The molecule has 2 aromatic rings. The van der Waals surface area contributed by atoms with Gasteiger partial charge >= 0.3 is 6.18 Å². The highest BCUT2D eigenvalue weighted by atomic mass is 35.5. The lowest BCUT2D eigenvalue weighted by atomic mass is 10.1. The molecule has 1 amide bonds. The third-order valence-corrected chi connectivity index (χ3v) is 3.32. The van der Waals surface area contributed by atoms with Crippen molar-refractivity contribution in [2.45, 2.75) is 6.18 Å². The van der Waals surface area contributed by atoms with Gasteiger partial charge in [0.05, 0.1) is 22.4 Å². The van der Waals surface area contributed by atoms with E-state index in [0.29, 0.717) is 5.02 Å². The van der Waals surface area contributed by atoms with Crippen LogP contribution in [0.25, 0.3) is 0 Å². The maximum Gasteiger partial charge on any atom is 0.416 e. The molecule has 0 unspecified atom stereocenters. The number of hydrogen-bond acceptors (Lipinski definition) is 2. The first-order valence-corrected chi connectivity index (χ1v) is 6.98. The van der Waals surface area contributed by atoms with Crippen LogP contribution in [0.4, 0.5) is 13.2 Å². The Morgan fingerprint density at radius 1 is 1.13 bits per heavy atom. The summed E-state index contributed by atoms with van der Waals surface area (Å²) >= 11 is 11.6. The van der Waals surface area contributed by atoms with E-state index in [1.54, 1.807) is 0 Å². The van der Waals surface area contributed by atoms with Crippen molar-refractivity contribution in [1.82, 2.24) is 5.43 Å². The molecule has 0 aliphatic heterocycles. The fourth-order valence-corrected chi connectivity index (χ4v) is 2.19. The molecular formula is C15H9Cl2F3N2O. The number of carbonyl (C=O) groups excluding carboxylic acids is 1. The summed E-state index contributed by atoms with van der Waals surface area (Å²) < 4.78 is 37.7. The second-order valence-corrected chi connectivity index (χ2v) is 5.29. The molecule has 1 N–H and O–H groups in total. The predicted molar refractivity (Wildman–Crippen MR) is 83.0 cm³/mol. The van der Waals surface area contributed by atoms with Gasteiger partial charge in [0.1, 0.15) is 0 Å². The van der Waals surface area contributed by atoms with Crippen LogP contribution in [0.1, 0.15) is 21.5 Å². The van der Waals surface area contributed by atoms with Crippen molar-refractivity contribution in [2.24, 2.45) is 5.10 Å². The number of hydrazone groups is 1. The Balaban J connectivity index is 2.08. The van der Waals surface area contributed by atoms with Crippen molar-refractivity contribution >= 4 is 35.3 Å². The Kier molecular flexibility index (Phi) is 5.28. The molecule has 0 fully saturated rings. The largest absolute Gasteiger partial charge is 0.416 e. The molecule has 0 aliphatic rings. The van der Waals surface area contributed by atoms with Crippen LogP contribution in [0.2, 0.25) is 10.0 Å². The first-order valence-electron chi connectivity index (χ1n) is 6.23. The second kappa shape index (κ2) is 7.02. The smallest absolute Gasteiger partial charge is 0.267 e. The number of nitrogens with one attached hydrogen (secondary N) is 1. The van der Waals surface area contributed by atoms with Crippen LogP contribution >= 0.6 is 23.2 Å². The first-order chi connectivity index (χ1) is 10.8. The van der Waals surface area contributed by atoms with Gasteiger partial charge in [-0.25, -0.2) is 5.43 Å². The summed E-state index contributed by atoms with van der Waals surface area (Å²) in [5, 5.41) is 4.14. The molecule has 0 radical (unpaired) electrons. The van der Waals surface area contributed by atoms with Gasteiger partial charge in [0.25, 0.3) is 5.91 Å². The van der Waals surface area contributed by atoms with Gasteiger partial charge in [-0.2, -0.15) is 18.3 Å². The maximum absolute atomic E-state index is 12.6. The monoisotopic (exact) mass is 360 g/mol. The third-order valence-electron chi connectivity index (χ3n) is 2.77. The number of rotatable bonds is 3. The van der Waals surface area contributed by atoms with Crippen LogP contribution in [-0.2, 0) is 6.18 Å². The Morgan fingerprint density at radius 2 is 1.87 bits per heavy atom. The molecule has 0 bridgehead atoms. The van der Waals surface area contributed by atoms with Crippen LogP contribution in [0.5, 0.6) is 0 Å². The van der Waals surface area contributed by atoms with E-state index in [2.05, 4.69) is 10.5 Å². The molecule has 23 heavy (non-hydrogen) atoms. The third kappa shape index (κ3) is 4.71. The molecule has 0 saturated heterocycles. The lowest BCUT2D eigenvalue weighted by molar-refractivity contribution is -0.137. The summed E-state index contributed by atoms with van der Waals surface area (Å²) in [6.07, 6.45) is -3.33. The molecule has 0 aliphatic carbocycles. The summed E-state index contributed by atoms with van der Waals surface area (Å²) in [7, 11) is 0. The average molecular weight is 361 g/mol. The van der Waals surface area contributed by atoms with Gasteiger partial charge in [0, 0.05) is 5.02 Å². The minimum Gasteiger partial charge on any atom is -0.267 e. The van der Waals surface area contributed by atoms with Gasteiger partial charge in [-0.3, -0.25) is 4.79 Å². The molecule has 8 heteroatoms. The van der Waals surface area contributed by atoms with Gasteiger partial charge in [-0.05, 0) is 35.9 Å². The van der Waals surface area contributed by atoms with Crippen LogP contribution < -0.4 is 5.43 Å². The van der Waals surface area contributed by atoms with Crippen molar-refractivity contribution in [3.63, 3.8) is 0 Å². The number of nitrogens with zero attached hydrogens (tertiary/aromatic N) is 1. The van der Waals surface area contributed by atoms with Crippen molar-refractivity contribution in [3.05, 3.63) is 69.2 Å². The number of benzene rings is 2. The molecule has 2 aromatic carbocycles. The summed E-state index contributed by atoms with van der Waals surface area (Å²) in [5.74, 6) is -0.602. The number of carbonyl (C=O) groups is 1. The zero-order chi connectivity index (χ0) is 17.0. The minimum absolute atomic E-state index is 0.143. The van der Waals surface area contributed by atoms with Crippen LogP contribution in [0, 0.1) is 0 Å². The Morgan fingerprint density at radius 3 is 2.52 bits per heavy atom. The van der Waals surface area contributed by atoms with Crippen LogP contribution in [0.15, 0.2) is 47.6 Å². The van der Waals surface area contributed by atoms with E-state index in [0.717, 1.165) is 18.3 Å². The van der Waals surface area contributed by atoms with Crippen molar-refractivity contribution < 1.29 is 18.0 Å². The summed E-state index contributed by atoms with van der Waals surface area (Å²) in [6.45, 7) is 0. The molecule has 0 aromatic heterocycles. The standard InChI is InChI=1S/C15H9Cl2F3N2O/c16-11-4-5-12(13(17)7-11)14(23)22-21-8-9-2-1-3-10(6-9)15(18,19)20/h1-8H,(H,22,23). The lowest BCUT2D eigenvalue weighted by Crippen LogP contribution is -2.18. The number of halogens is 5. The van der Waals surface area contributed by atoms with Crippen molar-refractivity contribution in [1.29, 1.82) is 0 Å². The molecule has 0 atom stereocenters. The molecule has 2 rings (SSSR count). The normalized spacial score (nSPS) is 11.7. The van der Waals surface area contributed by atoms with E-state index >= 15 is 0 Å². The summed E-state index contributed by atoms with van der Waals surface area (Å²) in [5.41, 5.74) is 1.74. The first kappa shape index (κ1) is 17.3. The van der Waals surface area contributed by atoms with Gasteiger partial charge in [0.2, 0.25) is 0 Å². The highest BCUT2D eigenvalue weighted by Gasteiger charge is 2.30. The SMILES string of the molecule is O=C(NN=Cc1cccc(C(F)(F)F)c1)c1ccc(Cl)cc1Cl. The number of amides is 1. The zero-order valence-corrected chi connectivity index (χ0v) is 12.9. The molecule has 3 nitrogen and oxygen atoms in total. The highest BCUT2D eigenvalue weighted by molar-refractivity contribution is 6.36. The maximum atomic E-state index is 12.6. The molecule has 120 valence electrons. The number of alkyl halides is 3. The number of hydrogen-bond donors (Lipinski definition) is 1. The zero-order valence-electron chi connectivity index (χ0n) is 11.4. The summed E-state index contributed by atoms with van der Waals surface area (Å²) in [4.78, 5) is 11.9.